The van der Waals surface area contributed by atoms with Crippen molar-refractivity contribution in [3.63, 3.8) is 0 Å². The van der Waals surface area contributed by atoms with Gasteiger partial charge in [0.25, 0.3) is 0 Å². The molecule has 0 aliphatic carbocycles. The van der Waals surface area contributed by atoms with Crippen LogP contribution in [0.5, 0.6) is 0 Å². The number of rotatable bonds is 1. The minimum Gasteiger partial charge on any atom is -0.353 e. The monoisotopic (exact) mass is 199 g/mol. The van der Waals surface area contributed by atoms with Crippen LogP contribution in [0, 0.1) is 0 Å². The van der Waals surface area contributed by atoms with Gasteiger partial charge in [0.15, 0.2) is 0 Å². The second-order valence-electron chi connectivity index (χ2n) is 2.53. The Morgan fingerprint density at radius 2 is 1.85 bits per heavy atom. The molecule has 76 valence electrons. The highest BCUT2D eigenvalue weighted by molar-refractivity contribution is 5.81. The summed E-state index contributed by atoms with van der Waals surface area (Å²) in [5.74, 6) is -1.97. The minimum atomic E-state index is -4.85. The molecule has 0 spiro atoms. The van der Waals surface area contributed by atoms with Gasteiger partial charge >= 0.3 is 12.1 Å². The van der Waals surface area contributed by atoms with Crippen molar-refractivity contribution in [2.24, 2.45) is 0 Å². The van der Waals surface area contributed by atoms with E-state index >= 15 is 0 Å². The van der Waals surface area contributed by atoms with E-state index in [0.29, 0.717) is 0 Å². The number of alkyl halides is 3. The fourth-order valence-corrected chi connectivity index (χ4v) is 0.838. The molecular formula is C6H8F3NO3. The number of ether oxygens (including phenoxy) is 2. The third-order valence-corrected chi connectivity index (χ3v) is 1.40. The number of nitrogens with one attached hydrogen (secondary N) is 1. The van der Waals surface area contributed by atoms with Gasteiger partial charge in [0.2, 0.25) is 0 Å². The van der Waals surface area contributed by atoms with Crippen LogP contribution in [0.3, 0.4) is 0 Å². The summed E-state index contributed by atoms with van der Waals surface area (Å²) in [6, 6.07) is -0.720. The Morgan fingerprint density at radius 3 is 2.31 bits per heavy atom. The van der Waals surface area contributed by atoms with Gasteiger partial charge < -0.3 is 14.8 Å². The summed E-state index contributed by atoms with van der Waals surface area (Å²) in [4.78, 5) is 10.4. The van der Waals surface area contributed by atoms with Crippen molar-refractivity contribution < 1.29 is 27.4 Å². The largest absolute Gasteiger partial charge is 0.471 e. The first-order valence-corrected chi connectivity index (χ1v) is 3.53. The van der Waals surface area contributed by atoms with Crippen molar-refractivity contribution in [2.45, 2.75) is 12.2 Å². The Hall–Kier alpha value is -0.820. The van der Waals surface area contributed by atoms with Gasteiger partial charge in [-0.25, -0.2) is 0 Å². The van der Waals surface area contributed by atoms with Gasteiger partial charge in [0, 0.05) is 0 Å². The summed E-state index contributed by atoms with van der Waals surface area (Å²) in [6.07, 6.45) is -4.85. The predicted molar refractivity (Wildman–Crippen MR) is 34.8 cm³/mol. The van der Waals surface area contributed by atoms with Gasteiger partial charge in [-0.1, -0.05) is 0 Å². The third-order valence-electron chi connectivity index (χ3n) is 1.40. The zero-order valence-electron chi connectivity index (χ0n) is 6.56. The van der Waals surface area contributed by atoms with Gasteiger partial charge in [0.1, 0.15) is 6.79 Å². The van der Waals surface area contributed by atoms with Crippen LogP contribution < -0.4 is 5.32 Å². The van der Waals surface area contributed by atoms with E-state index in [2.05, 4.69) is 0 Å². The molecular weight excluding hydrogens is 191 g/mol. The number of carbonyl (C=O) groups is 1. The Labute approximate surface area is 72.0 Å². The Kier molecular flexibility index (Phi) is 3.10. The average molecular weight is 199 g/mol. The van der Waals surface area contributed by atoms with E-state index in [9.17, 15) is 18.0 Å². The smallest absolute Gasteiger partial charge is 0.353 e. The van der Waals surface area contributed by atoms with E-state index in [0.717, 1.165) is 0 Å². The maximum absolute atomic E-state index is 11.7. The molecule has 13 heavy (non-hydrogen) atoms. The van der Waals surface area contributed by atoms with Crippen molar-refractivity contribution in [3.8, 4) is 0 Å². The summed E-state index contributed by atoms with van der Waals surface area (Å²) in [6.45, 7) is 0.141. The zero-order chi connectivity index (χ0) is 9.90. The number of hydrogen-bond donors (Lipinski definition) is 1. The molecule has 0 aromatic rings. The molecule has 0 aromatic heterocycles. The lowest BCUT2D eigenvalue weighted by Crippen LogP contribution is -2.49. The van der Waals surface area contributed by atoms with Crippen molar-refractivity contribution >= 4 is 5.91 Å². The lowest BCUT2D eigenvalue weighted by Gasteiger charge is -2.23. The molecule has 0 aromatic carbocycles. The van der Waals surface area contributed by atoms with Crippen molar-refractivity contribution in [2.75, 3.05) is 20.0 Å². The molecule has 1 aliphatic rings. The highest BCUT2D eigenvalue weighted by Crippen LogP contribution is 2.14. The second-order valence-corrected chi connectivity index (χ2v) is 2.53. The SMILES string of the molecule is O=C(NC1COCOC1)C(F)(F)F. The van der Waals surface area contributed by atoms with Crippen LogP contribution in [0.1, 0.15) is 0 Å². The highest BCUT2D eigenvalue weighted by atomic mass is 19.4. The fraction of sp³-hybridized carbons (Fsp3) is 0.833. The summed E-state index contributed by atoms with van der Waals surface area (Å²) in [7, 11) is 0. The summed E-state index contributed by atoms with van der Waals surface area (Å²) >= 11 is 0. The average Bonchev–Trinajstić information content (AvgIpc) is 2.04. The first-order chi connectivity index (χ1) is 6.00. The summed E-state index contributed by atoms with van der Waals surface area (Å²) in [5, 5.41) is 1.74. The maximum atomic E-state index is 11.7. The fourth-order valence-electron chi connectivity index (χ4n) is 0.838. The summed E-state index contributed by atoms with van der Waals surface area (Å²) in [5.41, 5.74) is 0. The molecule has 0 atom stereocenters. The molecule has 4 nitrogen and oxygen atoms in total. The van der Waals surface area contributed by atoms with Crippen LogP contribution in [0.15, 0.2) is 0 Å². The van der Waals surface area contributed by atoms with Gasteiger partial charge in [-0.2, -0.15) is 13.2 Å². The molecule has 1 fully saturated rings. The normalized spacial score (nSPS) is 19.9. The first kappa shape index (κ1) is 10.3. The molecule has 0 saturated carbocycles. The van der Waals surface area contributed by atoms with Crippen LogP contribution in [0.25, 0.3) is 0 Å². The summed E-state index contributed by atoms with van der Waals surface area (Å²) < 4.78 is 44.5. The van der Waals surface area contributed by atoms with Crippen LogP contribution in [0.2, 0.25) is 0 Å². The number of halogens is 3. The Morgan fingerprint density at radius 1 is 1.31 bits per heavy atom. The topological polar surface area (TPSA) is 47.6 Å². The van der Waals surface area contributed by atoms with Crippen molar-refractivity contribution in [1.82, 2.24) is 5.32 Å². The third kappa shape index (κ3) is 3.19. The number of hydrogen-bond acceptors (Lipinski definition) is 3. The Balaban J connectivity index is 2.35. The molecule has 1 amide bonds. The zero-order valence-corrected chi connectivity index (χ0v) is 6.56. The molecule has 1 rings (SSSR count). The van der Waals surface area contributed by atoms with Gasteiger partial charge in [-0.15, -0.1) is 0 Å². The van der Waals surface area contributed by atoms with E-state index < -0.39 is 18.1 Å². The lowest BCUT2D eigenvalue weighted by molar-refractivity contribution is -0.178. The molecule has 1 heterocycles. The molecule has 0 radical (unpaired) electrons. The first-order valence-electron chi connectivity index (χ1n) is 3.53. The van der Waals surface area contributed by atoms with Crippen LogP contribution >= 0.6 is 0 Å². The standard InChI is InChI=1S/C6H8F3NO3/c7-6(8,9)5(11)10-4-1-12-3-13-2-4/h4H,1-3H2,(H,10,11). The van der Waals surface area contributed by atoms with E-state index in [1.54, 1.807) is 5.32 Å². The van der Waals surface area contributed by atoms with Gasteiger partial charge in [0.05, 0.1) is 19.3 Å². The van der Waals surface area contributed by atoms with Crippen molar-refractivity contribution in [1.29, 1.82) is 0 Å². The van der Waals surface area contributed by atoms with E-state index in [1.807, 2.05) is 0 Å². The van der Waals surface area contributed by atoms with Crippen LogP contribution in [-0.4, -0.2) is 38.1 Å². The van der Waals surface area contributed by atoms with E-state index in [4.69, 9.17) is 9.47 Å². The predicted octanol–water partition coefficient (Wildman–Crippen LogP) is 0.0378. The minimum absolute atomic E-state index is 0.0435. The second kappa shape index (κ2) is 3.93. The Bertz CT molecular complexity index is 188. The molecule has 1 saturated heterocycles. The van der Waals surface area contributed by atoms with Gasteiger partial charge in [-0.3, -0.25) is 4.79 Å². The van der Waals surface area contributed by atoms with E-state index in [-0.39, 0.29) is 20.0 Å². The molecule has 1 aliphatic heterocycles. The maximum Gasteiger partial charge on any atom is 0.471 e. The van der Waals surface area contributed by atoms with Crippen LogP contribution in [0.4, 0.5) is 13.2 Å². The van der Waals surface area contributed by atoms with E-state index in [1.165, 1.54) is 0 Å². The lowest BCUT2D eigenvalue weighted by atomic mass is 10.3. The molecule has 1 N–H and O–H groups in total. The molecule has 0 bridgehead atoms. The molecule has 7 heteroatoms. The van der Waals surface area contributed by atoms with Gasteiger partial charge in [-0.05, 0) is 0 Å². The quantitative estimate of drug-likeness (QED) is 0.648. The highest BCUT2D eigenvalue weighted by Gasteiger charge is 2.39. The number of amides is 1. The molecule has 0 unspecified atom stereocenters. The number of carbonyl (C=O) groups excluding carboxylic acids is 1. The van der Waals surface area contributed by atoms with Crippen molar-refractivity contribution in [3.05, 3.63) is 0 Å². The van der Waals surface area contributed by atoms with Crippen LogP contribution in [-0.2, 0) is 14.3 Å².